The van der Waals surface area contributed by atoms with E-state index in [9.17, 15) is 19.2 Å². The summed E-state index contributed by atoms with van der Waals surface area (Å²) < 4.78 is 29.9. The zero-order chi connectivity index (χ0) is 39.3. The number of aryl methyl sites for hydroxylation is 1. The topological polar surface area (TPSA) is 126 Å². The molecule has 3 aliphatic rings. The highest BCUT2D eigenvalue weighted by Crippen LogP contribution is 2.34. The van der Waals surface area contributed by atoms with Crippen molar-refractivity contribution in [1.82, 2.24) is 24.7 Å². The van der Waals surface area contributed by atoms with Crippen LogP contribution < -0.4 is 20.5 Å². The van der Waals surface area contributed by atoms with E-state index in [0.717, 1.165) is 62.6 Å². The molecule has 5 heterocycles. The van der Waals surface area contributed by atoms with Crippen LogP contribution in [-0.4, -0.2) is 95.8 Å². The SMILES string of the molecule is CCCCn1cc(-c2cc(F)c(CCN3CCC(OC4CCN(C(=O)c5ccc(Cl)c(N6CCC(=O)NC6=O)c5)CC4)CC3)c(OC)c2)c2ccncc2c1=O. The van der Waals surface area contributed by atoms with Crippen LogP contribution in [0.2, 0.25) is 5.02 Å². The molecule has 0 saturated carbocycles. The van der Waals surface area contributed by atoms with Gasteiger partial charge in [0.2, 0.25) is 5.91 Å². The predicted octanol–water partition coefficient (Wildman–Crippen LogP) is 6.44. The maximum Gasteiger partial charge on any atom is 0.328 e. The molecule has 3 aliphatic heterocycles. The average molecular weight is 787 g/mol. The van der Waals surface area contributed by atoms with E-state index in [-0.39, 0.29) is 48.4 Å². The van der Waals surface area contributed by atoms with Crippen LogP contribution in [0.15, 0.2) is 59.8 Å². The van der Waals surface area contributed by atoms with Gasteiger partial charge in [-0.3, -0.25) is 29.6 Å². The van der Waals surface area contributed by atoms with E-state index in [0.29, 0.717) is 71.1 Å². The number of hydrogen-bond acceptors (Lipinski definition) is 8. The van der Waals surface area contributed by atoms with Crippen LogP contribution in [-0.2, 0) is 22.5 Å². The molecule has 2 aromatic heterocycles. The third-order valence-corrected chi connectivity index (χ3v) is 11.5. The molecule has 3 fully saturated rings. The van der Waals surface area contributed by atoms with Gasteiger partial charge in [0.05, 0.1) is 35.4 Å². The number of pyridine rings is 2. The van der Waals surface area contributed by atoms with Crippen LogP contribution in [0.3, 0.4) is 0 Å². The van der Waals surface area contributed by atoms with Gasteiger partial charge in [-0.2, -0.15) is 0 Å². The number of aromatic nitrogens is 2. The molecule has 0 unspecified atom stereocenters. The summed E-state index contributed by atoms with van der Waals surface area (Å²) >= 11 is 6.38. The standard InChI is InChI=1S/C42H48ClFN6O6/c1-3-4-15-49-26-34(31-7-14-45-25-33(31)41(49)53)28-22-36(44)32(38(24-28)55-2)12-18-47-16-8-29(9-17-47)56-30-10-19-48(20-11-30)40(52)27-5-6-35(43)37(23-27)50-21-13-39(51)46-42(50)54/h5-7,14,22-26,29-30H,3-4,8-13,15-21H2,1-2H3,(H,46,51,54). The molecule has 1 N–H and O–H groups in total. The maximum absolute atomic E-state index is 15.9. The molecule has 14 heteroatoms. The highest BCUT2D eigenvalue weighted by Gasteiger charge is 2.30. The first-order chi connectivity index (χ1) is 27.1. The van der Waals surface area contributed by atoms with Crippen LogP contribution in [0, 0.1) is 5.82 Å². The lowest BCUT2D eigenvalue weighted by Crippen LogP contribution is -2.49. The molecule has 4 aromatic rings. The smallest absolute Gasteiger partial charge is 0.328 e. The number of carbonyl (C=O) groups is 3. The average Bonchev–Trinajstić information content (AvgIpc) is 3.21. The Morgan fingerprint density at radius 1 is 0.964 bits per heavy atom. The van der Waals surface area contributed by atoms with Crippen LogP contribution in [0.1, 0.15) is 67.8 Å². The summed E-state index contributed by atoms with van der Waals surface area (Å²) in [5.41, 5.74) is 2.69. The molecule has 296 valence electrons. The number of anilines is 1. The van der Waals surface area contributed by atoms with Gasteiger partial charge in [0.25, 0.3) is 11.5 Å². The normalized spacial score (nSPS) is 17.4. The number of halogens is 2. The number of hydrogen-bond donors (Lipinski definition) is 1. The zero-order valence-electron chi connectivity index (χ0n) is 31.9. The third-order valence-electron chi connectivity index (χ3n) is 11.2. The molecular weight excluding hydrogens is 739 g/mol. The Bertz CT molecular complexity index is 2160. The summed E-state index contributed by atoms with van der Waals surface area (Å²) in [7, 11) is 1.56. The Labute approximate surface area is 330 Å². The third kappa shape index (κ3) is 8.59. The van der Waals surface area contributed by atoms with Crippen molar-refractivity contribution < 1.29 is 28.2 Å². The molecule has 0 bridgehead atoms. The van der Waals surface area contributed by atoms with Crippen molar-refractivity contribution in [2.24, 2.45) is 0 Å². The van der Waals surface area contributed by atoms with E-state index >= 15 is 4.39 Å². The zero-order valence-corrected chi connectivity index (χ0v) is 32.7. The number of imide groups is 1. The maximum atomic E-state index is 15.9. The van der Waals surface area contributed by atoms with Crippen molar-refractivity contribution in [2.45, 2.75) is 77.0 Å². The van der Waals surface area contributed by atoms with Crippen LogP contribution >= 0.6 is 11.6 Å². The number of carbonyl (C=O) groups excluding carboxylic acids is 3. The minimum absolute atomic E-state index is 0.0576. The highest BCUT2D eigenvalue weighted by atomic mass is 35.5. The van der Waals surface area contributed by atoms with Gasteiger partial charge in [0.15, 0.2) is 0 Å². The molecule has 56 heavy (non-hydrogen) atoms. The van der Waals surface area contributed by atoms with Crippen molar-refractivity contribution in [1.29, 1.82) is 0 Å². The monoisotopic (exact) mass is 786 g/mol. The second-order valence-corrected chi connectivity index (χ2v) is 15.2. The van der Waals surface area contributed by atoms with E-state index in [1.807, 2.05) is 12.3 Å². The Morgan fingerprint density at radius 3 is 2.43 bits per heavy atom. The number of rotatable bonds is 12. The summed E-state index contributed by atoms with van der Waals surface area (Å²) in [4.78, 5) is 60.3. The minimum Gasteiger partial charge on any atom is -0.496 e. The first-order valence-corrected chi connectivity index (χ1v) is 19.9. The fourth-order valence-corrected chi connectivity index (χ4v) is 8.21. The van der Waals surface area contributed by atoms with Gasteiger partial charge in [-0.15, -0.1) is 0 Å². The van der Waals surface area contributed by atoms with Crippen LogP contribution in [0.4, 0.5) is 14.9 Å². The number of urea groups is 1. The predicted molar refractivity (Wildman–Crippen MR) is 213 cm³/mol. The molecule has 7 rings (SSSR count). The number of benzene rings is 2. The molecule has 0 atom stereocenters. The number of nitrogens with zero attached hydrogens (tertiary/aromatic N) is 5. The number of amides is 4. The van der Waals surface area contributed by atoms with Gasteiger partial charge in [0, 0.05) is 87.5 Å². The fraction of sp³-hybridized carbons (Fsp3) is 0.452. The van der Waals surface area contributed by atoms with Crippen molar-refractivity contribution in [3.63, 3.8) is 0 Å². The van der Waals surface area contributed by atoms with Crippen LogP contribution in [0.5, 0.6) is 5.75 Å². The van der Waals surface area contributed by atoms with E-state index in [1.54, 1.807) is 59.3 Å². The molecule has 2 aromatic carbocycles. The van der Waals surface area contributed by atoms with E-state index in [4.69, 9.17) is 21.1 Å². The van der Waals surface area contributed by atoms with Gasteiger partial charge < -0.3 is 23.8 Å². The van der Waals surface area contributed by atoms with Gasteiger partial charge in [-0.25, -0.2) is 9.18 Å². The van der Waals surface area contributed by atoms with Crippen LogP contribution in [0.25, 0.3) is 21.9 Å². The summed E-state index contributed by atoms with van der Waals surface area (Å²) in [6, 6.07) is 9.56. The molecular formula is C42H48ClFN6O6. The van der Waals surface area contributed by atoms with E-state index in [1.165, 1.54) is 4.90 Å². The number of likely N-dealkylation sites (tertiary alicyclic amines) is 2. The van der Waals surface area contributed by atoms with Gasteiger partial charge in [-0.05, 0) is 85.9 Å². The van der Waals surface area contributed by atoms with Crippen molar-refractivity contribution in [2.75, 3.05) is 51.3 Å². The Kier molecular flexibility index (Phi) is 12.3. The summed E-state index contributed by atoms with van der Waals surface area (Å²) in [5, 5.41) is 3.86. The number of nitrogens with one attached hydrogen (secondary N) is 1. The largest absolute Gasteiger partial charge is 0.496 e. The van der Waals surface area contributed by atoms with Gasteiger partial charge >= 0.3 is 6.03 Å². The van der Waals surface area contributed by atoms with Crippen molar-refractivity contribution in [3.8, 4) is 16.9 Å². The lowest BCUT2D eigenvalue weighted by atomic mass is 9.98. The molecule has 0 radical (unpaired) electrons. The molecule has 0 spiro atoms. The highest BCUT2D eigenvalue weighted by molar-refractivity contribution is 6.34. The second-order valence-electron chi connectivity index (χ2n) is 14.8. The lowest BCUT2D eigenvalue weighted by molar-refractivity contribution is -0.120. The van der Waals surface area contributed by atoms with Gasteiger partial charge in [0.1, 0.15) is 11.6 Å². The Balaban J connectivity index is 0.908. The molecule has 0 aliphatic carbocycles. The first-order valence-electron chi connectivity index (χ1n) is 19.6. The first kappa shape index (κ1) is 39.4. The lowest BCUT2D eigenvalue weighted by Gasteiger charge is -2.37. The minimum atomic E-state index is -0.552. The van der Waals surface area contributed by atoms with E-state index < -0.39 is 6.03 Å². The number of piperidine rings is 2. The molecule has 3 saturated heterocycles. The number of methoxy groups -OCH3 is 1. The van der Waals surface area contributed by atoms with Crippen molar-refractivity contribution in [3.05, 3.63) is 87.3 Å². The van der Waals surface area contributed by atoms with Crippen molar-refractivity contribution >= 4 is 45.9 Å². The second kappa shape index (κ2) is 17.5. The molecule has 12 nitrogen and oxygen atoms in total. The number of ether oxygens (including phenoxy) is 2. The van der Waals surface area contributed by atoms with Gasteiger partial charge in [-0.1, -0.05) is 24.9 Å². The Morgan fingerprint density at radius 2 is 1.71 bits per heavy atom. The van der Waals surface area contributed by atoms with E-state index in [2.05, 4.69) is 22.1 Å². The quantitative estimate of drug-likeness (QED) is 0.174. The fourth-order valence-electron chi connectivity index (χ4n) is 7.99. The summed E-state index contributed by atoms with van der Waals surface area (Å²) in [6.45, 7) is 6.33. The number of unbranched alkanes of at least 4 members (excludes halogenated alkanes) is 1. The molecule has 4 amide bonds. The Hall–Kier alpha value is -4.85. The number of fused-ring (bicyclic) bond motifs is 1. The summed E-state index contributed by atoms with van der Waals surface area (Å²) in [5.74, 6) is -0.319. The summed E-state index contributed by atoms with van der Waals surface area (Å²) in [6.07, 6.45) is 10.9.